The Hall–Kier alpha value is -1.80. The van der Waals surface area contributed by atoms with Crippen molar-refractivity contribution < 1.29 is 0 Å². The Morgan fingerprint density at radius 1 is 1.22 bits per heavy atom. The second-order valence-corrected chi connectivity index (χ2v) is 4.57. The van der Waals surface area contributed by atoms with Gasteiger partial charge in [0.05, 0.1) is 0 Å². The smallest absolute Gasteiger partial charge is 0.0195 e. The molecule has 94 valence electrons. The number of aryl methyl sites for hydroxylation is 2. The number of hydrogen-bond acceptors (Lipinski definition) is 1. The summed E-state index contributed by atoms with van der Waals surface area (Å²) < 4.78 is 0. The van der Waals surface area contributed by atoms with Crippen LogP contribution in [0.15, 0.2) is 36.5 Å². The fourth-order valence-electron chi connectivity index (χ4n) is 2.29. The van der Waals surface area contributed by atoms with Crippen molar-refractivity contribution in [2.75, 3.05) is 0 Å². The maximum Gasteiger partial charge on any atom is 0.0195 e. The van der Waals surface area contributed by atoms with E-state index in [9.17, 15) is 0 Å². The van der Waals surface area contributed by atoms with Gasteiger partial charge in [0.2, 0.25) is 0 Å². The van der Waals surface area contributed by atoms with Crippen molar-refractivity contribution in [2.45, 2.75) is 27.3 Å². The number of benzene rings is 1. The quantitative estimate of drug-likeness (QED) is 0.846. The van der Waals surface area contributed by atoms with E-state index < -0.39 is 0 Å². The van der Waals surface area contributed by atoms with Gasteiger partial charge in [-0.3, -0.25) is 0 Å². The van der Waals surface area contributed by atoms with Crippen molar-refractivity contribution in [3.05, 3.63) is 64.5 Å². The zero-order valence-corrected chi connectivity index (χ0v) is 11.2. The zero-order chi connectivity index (χ0) is 13.1. The van der Waals surface area contributed by atoms with E-state index in [0.29, 0.717) is 6.54 Å². The number of aromatic nitrogens is 1. The minimum atomic E-state index is 0.580. The van der Waals surface area contributed by atoms with Gasteiger partial charge in [-0.15, -0.1) is 0 Å². The molecular weight excluding hydrogens is 220 g/mol. The Balaban J connectivity index is 2.56. The molecule has 2 nitrogen and oxygen atoms in total. The molecule has 0 amide bonds. The molecule has 2 heteroatoms. The molecule has 1 heterocycles. The topological polar surface area (TPSA) is 41.8 Å². The van der Waals surface area contributed by atoms with Crippen LogP contribution in [0.5, 0.6) is 0 Å². The third-order valence-electron chi connectivity index (χ3n) is 3.36. The fraction of sp³-hybridized carbons (Fsp3) is 0.250. The van der Waals surface area contributed by atoms with Gasteiger partial charge in [0.1, 0.15) is 0 Å². The van der Waals surface area contributed by atoms with Gasteiger partial charge < -0.3 is 10.7 Å². The Morgan fingerprint density at radius 2 is 2.00 bits per heavy atom. The van der Waals surface area contributed by atoms with Crippen LogP contribution in [0.1, 0.15) is 34.9 Å². The highest BCUT2D eigenvalue weighted by atomic mass is 14.7. The van der Waals surface area contributed by atoms with Crippen molar-refractivity contribution in [1.82, 2.24) is 4.98 Å². The highest BCUT2D eigenvalue weighted by Gasteiger charge is 2.10. The first-order chi connectivity index (χ1) is 8.67. The Bertz CT molecular complexity index is 577. The second-order valence-electron chi connectivity index (χ2n) is 4.57. The number of H-pyrrole nitrogens is 1. The van der Waals surface area contributed by atoms with E-state index in [2.05, 4.69) is 56.1 Å². The monoisotopic (exact) mass is 240 g/mol. The maximum atomic E-state index is 5.73. The molecule has 0 aliphatic heterocycles. The molecule has 0 saturated heterocycles. The lowest BCUT2D eigenvalue weighted by Crippen LogP contribution is -1.99. The van der Waals surface area contributed by atoms with Crippen LogP contribution in [0, 0.1) is 13.8 Å². The molecule has 0 aliphatic carbocycles. The summed E-state index contributed by atoms with van der Waals surface area (Å²) in [6, 6.07) is 8.55. The molecule has 1 aromatic carbocycles. The van der Waals surface area contributed by atoms with Gasteiger partial charge >= 0.3 is 0 Å². The van der Waals surface area contributed by atoms with Crippen molar-refractivity contribution in [1.29, 1.82) is 0 Å². The van der Waals surface area contributed by atoms with Crippen LogP contribution < -0.4 is 5.73 Å². The van der Waals surface area contributed by atoms with Crippen LogP contribution in [-0.2, 0) is 6.54 Å². The van der Waals surface area contributed by atoms with Gasteiger partial charge in [0, 0.05) is 24.0 Å². The molecule has 0 fully saturated rings. The summed E-state index contributed by atoms with van der Waals surface area (Å²) >= 11 is 0. The van der Waals surface area contributed by atoms with Crippen LogP contribution in [0.2, 0.25) is 0 Å². The molecule has 0 atom stereocenters. The minimum absolute atomic E-state index is 0.580. The molecular formula is C16H20N2. The SMILES string of the molecule is C/C=C(\c1cc(CN)ccc1C)c1cc[nH]c1C. The first-order valence-electron chi connectivity index (χ1n) is 6.28. The number of rotatable bonds is 3. The van der Waals surface area contributed by atoms with Crippen LogP contribution in [-0.4, -0.2) is 4.98 Å². The summed E-state index contributed by atoms with van der Waals surface area (Å²) in [5, 5.41) is 0. The summed E-state index contributed by atoms with van der Waals surface area (Å²) in [7, 11) is 0. The van der Waals surface area contributed by atoms with E-state index in [1.165, 1.54) is 33.5 Å². The summed E-state index contributed by atoms with van der Waals surface area (Å²) in [6.07, 6.45) is 4.15. The van der Waals surface area contributed by atoms with Crippen LogP contribution in [0.3, 0.4) is 0 Å². The predicted molar refractivity (Wildman–Crippen MR) is 77.4 cm³/mol. The minimum Gasteiger partial charge on any atom is -0.365 e. The van der Waals surface area contributed by atoms with Gasteiger partial charge in [-0.25, -0.2) is 0 Å². The van der Waals surface area contributed by atoms with Gasteiger partial charge in [0.15, 0.2) is 0 Å². The standard InChI is InChI=1S/C16H20N2/c1-4-14(15-7-8-18-12(15)3)16-9-13(10-17)6-5-11(16)2/h4-9,18H,10,17H2,1-3H3/b14-4-. The number of nitrogens with two attached hydrogens (primary N) is 1. The largest absolute Gasteiger partial charge is 0.365 e. The van der Waals surface area contributed by atoms with Crippen LogP contribution in [0.4, 0.5) is 0 Å². The molecule has 0 spiro atoms. The van der Waals surface area contributed by atoms with Crippen LogP contribution >= 0.6 is 0 Å². The highest BCUT2D eigenvalue weighted by Crippen LogP contribution is 2.28. The first kappa shape index (κ1) is 12.7. The number of hydrogen-bond donors (Lipinski definition) is 2. The van der Waals surface area contributed by atoms with Gasteiger partial charge in [0.25, 0.3) is 0 Å². The lowest BCUT2D eigenvalue weighted by atomic mass is 9.93. The van der Waals surface area contributed by atoms with E-state index in [4.69, 9.17) is 5.73 Å². The maximum absolute atomic E-state index is 5.73. The summed E-state index contributed by atoms with van der Waals surface area (Å²) in [6.45, 7) is 6.90. The van der Waals surface area contributed by atoms with Crippen molar-refractivity contribution in [2.24, 2.45) is 5.73 Å². The molecule has 0 bridgehead atoms. The molecule has 0 unspecified atom stereocenters. The first-order valence-corrected chi connectivity index (χ1v) is 6.28. The van der Waals surface area contributed by atoms with Crippen molar-refractivity contribution in [3.8, 4) is 0 Å². The Kier molecular flexibility index (Phi) is 3.68. The lowest BCUT2D eigenvalue weighted by molar-refractivity contribution is 1.07. The molecule has 1 aromatic heterocycles. The Labute approximate surface area is 109 Å². The normalized spacial score (nSPS) is 11.9. The van der Waals surface area contributed by atoms with Crippen LogP contribution in [0.25, 0.3) is 5.57 Å². The third kappa shape index (κ3) is 2.24. The average Bonchev–Trinajstić information content (AvgIpc) is 2.79. The van der Waals surface area contributed by atoms with E-state index in [1.807, 2.05) is 6.20 Å². The molecule has 0 radical (unpaired) electrons. The lowest BCUT2D eigenvalue weighted by Gasteiger charge is -2.12. The Morgan fingerprint density at radius 3 is 2.56 bits per heavy atom. The van der Waals surface area contributed by atoms with Crippen molar-refractivity contribution >= 4 is 5.57 Å². The fourth-order valence-corrected chi connectivity index (χ4v) is 2.29. The molecule has 2 rings (SSSR count). The molecule has 2 aromatic rings. The summed E-state index contributed by atoms with van der Waals surface area (Å²) in [4.78, 5) is 3.24. The molecule has 18 heavy (non-hydrogen) atoms. The van der Waals surface area contributed by atoms with Gasteiger partial charge in [-0.05, 0) is 55.2 Å². The zero-order valence-electron chi connectivity index (χ0n) is 11.2. The van der Waals surface area contributed by atoms with E-state index >= 15 is 0 Å². The third-order valence-corrected chi connectivity index (χ3v) is 3.36. The number of nitrogens with one attached hydrogen (secondary N) is 1. The van der Waals surface area contributed by atoms with E-state index in [-0.39, 0.29) is 0 Å². The van der Waals surface area contributed by atoms with E-state index in [1.54, 1.807) is 0 Å². The summed E-state index contributed by atoms with van der Waals surface area (Å²) in [5.74, 6) is 0. The van der Waals surface area contributed by atoms with Gasteiger partial charge in [-0.1, -0.05) is 18.2 Å². The van der Waals surface area contributed by atoms with Crippen molar-refractivity contribution in [3.63, 3.8) is 0 Å². The van der Waals surface area contributed by atoms with Gasteiger partial charge in [-0.2, -0.15) is 0 Å². The molecule has 3 N–H and O–H groups in total. The average molecular weight is 240 g/mol. The highest BCUT2D eigenvalue weighted by molar-refractivity contribution is 5.82. The predicted octanol–water partition coefficient (Wildman–Crippen LogP) is 3.54. The number of aromatic amines is 1. The second kappa shape index (κ2) is 5.23. The molecule has 0 aliphatic rings. The number of allylic oxidation sites excluding steroid dienone is 1. The summed E-state index contributed by atoms with van der Waals surface area (Å²) in [5.41, 5.74) is 13.2. The molecule has 0 saturated carbocycles. The van der Waals surface area contributed by atoms with E-state index in [0.717, 1.165) is 0 Å².